The predicted molar refractivity (Wildman–Crippen MR) is 149 cm³/mol. The fourth-order valence-electron chi connectivity index (χ4n) is 5.47. The van der Waals surface area contributed by atoms with Gasteiger partial charge in [-0.1, -0.05) is 37.1 Å². The summed E-state index contributed by atoms with van der Waals surface area (Å²) >= 11 is 0. The molecule has 2 N–H and O–H groups in total. The zero-order valence-electron chi connectivity index (χ0n) is 21.5. The number of ketones is 1. The molecule has 1 aliphatic heterocycles. The SMILES string of the molecule is COc1ccccc1-c1ccc(NC(=O)c2ccc(NCCN3CCCCCC3)cc2)c2c1CCC2=O. The average molecular weight is 498 g/mol. The molecule has 37 heavy (non-hydrogen) atoms. The topological polar surface area (TPSA) is 70.7 Å². The lowest BCUT2D eigenvalue weighted by atomic mass is 9.95. The van der Waals surface area contributed by atoms with Gasteiger partial charge >= 0.3 is 0 Å². The van der Waals surface area contributed by atoms with E-state index in [1.54, 1.807) is 7.11 Å². The van der Waals surface area contributed by atoms with E-state index in [2.05, 4.69) is 15.5 Å². The number of hydrogen-bond acceptors (Lipinski definition) is 5. The first kappa shape index (κ1) is 25.0. The van der Waals surface area contributed by atoms with Gasteiger partial charge in [0.25, 0.3) is 5.91 Å². The van der Waals surface area contributed by atoms with Crippen LogP contribution in [0.1, 0.15) is 58.4 Å². The Morgan fingerprint density at radius 1 is 0.892 bits per heavy atom. The molecular formula is C31H35N3O3. The van der Waals surface area contributed by atoms with E-state index in [4.69, 9.17) is 4.74 Å². The molecule has 0 spiro atoms. The molecule has 0 unspecified atom stereocenters. The van der Waals surface area contributed by atoms with Gasteiger partial charge < -0.3 is 20.3 Å². The van der Waals surface area contributed by atoms with Gasteiger partial charge in [-0.15, -0.1) is 0 Å². The number of likely N-dealkylation sites (tertiary alicyclic amines) is 1. The van der Waals surface area contributed by atoms with E-state index < -0.39 is 0 Å². The zero-order chi connectivity index (χ0) is 25.6. The highest BCUT2D eigenvalue weighted by atomic mass is 16.5. The summed E-state index contributed by atoms with van der Waals surface area (Å²) in [6.45, 7) is 4.30. The van der Waals surface area contributed by atoms with Crippen LogP contribution in [0.4, 0.5) is 11.4 Å². The number of nitrogens with zero attached hydrogens (tertiary/aromatic N) is 1. The third-order valence-corrected chi connectivity index (χ3v) is 7.44. The summed E-state index contributed by atoms with van der Waals surface area (Å²) in [5.74, 6) is 0.607. The Labute approximate surface area is 219 Å². The van der Waals surface area contributed by atoms with Crippen molar-refractivity contribution in [2.75, 3.05) is 43.9 Å². The lowest BCUT2D eigenvalue weighted by Gasteiger charge is -2.20. The molecule has 0 bridgehead atoms. The van der Waals surface area contributed by atoms with Crippen molar-refractivity contribution >= 4 is 23.1 Å². The highest BCUT2D eigenvalue weighted by Gasteiger charge is 2.28. The molecular weight excluding hydrogens is 462 g/mol. The largest absolute Gasteiger partial charge is 0.496 e. The molecule has 1 fully saturated rings. The molecule has 6 heteroatoms. The van der Waals surface area contributed by atoms with Crippen molar-refractivity contribution in [3.8, 4) is 16.9 Å². The van der Waals surface area contributed by atoms with Crippen LogP contribution in [0.15, 0.2) is 60.7 Å². The number of benzene rings is 3. The normalized spacial score (nSPS) is 15.6. The van der Waals surface area contributed by atoms with Crippen LogP contribution in [0.3, 0.4) is 0 Å². The maximum Gasteiger partial charge on any atom is 0.255 e. The van der Waals surface area contributed by atoms with Crippen molar-refractivity contribution in [2.45, 2.75) is 38.5 Å². The first-order chi connectivity index (χ1) is 18.1. The minimum atomic E-state index is -0.219. The molecule has 1 amide bonds. The van der Waals surface area contributed by atoms with Crippen LogP contribution >= 0.6 is 0 Å². The van der Waals surface area contributed by atoms with E-state index in [1.807, 2.05) is 60.7 Å². The smallest absolute Gasteiger partial charge is 0.255 e. The Bertz CT molecular complexity index is 1260. The lowest BCUT2D eigenvalue weighted by molar-refractivity contribution is 0.0995. The van der Waals surface area contributed by atoms with Gasteiger partial charge in [0.15, 0.2) is 5.78 Å². The van der Waals surface area contributed by atoms with Crippen LogP contribution < -0.4 is 15.4 Å². The van der Waals surface area contributed by atoms with Crippen molar-refractivity contribution in [1.82, 2.24) is 4.90 Å². The van der Waals surface area contributed by atoms with Gasteiger partial charge in [0.05, 0.1) is 12.8 Å². The monoisotopic (exact) mass is 497 g/mol. The van der Waals surface area contributed by atoms with Crippen molar-refractivity contribution in [3.63, 3.8) is 0 Å². The van der Waals surface area contributed by atoms with E-state index in [9.17, 15) is 9.59 Å². The number of ether oxygens (including phenoxy) is 1. The Morgan fingerprint density at radius 2 is 1.65 bits per heavy atom. The molecule has 1 saturated heterocycles. The molecule has 5 rings (SSSR count). The van der Waals surface area contributed by atoms with Crippen LogP contribution in [0.25, 0.3) is 11.1 Å². The highest BCUT2D eigenvalue weighted by Crippen LogP contribution is 2.40. The van der Waals surface area contributed by atoms with Crippen molar-refractivity contribution in [3.05, 3.63) is 77.4 Å². The van der Waals surface area contributed by atoms with Crippen LogP contribution in [-0.4, -0.2) is 49.9 Å². The third kappa shape index (κ3) is 5.70. The van der Waals surface area contributed by atoms with Crippen LogP contribution in [0.2, 0.25) is 0 Å². The van der Waals surface area contributed by atoms with Gasteiger partial charge in [0.1, 0.15) is 5.75 Å². The summed E-state index contributed by atoms with van der Waals surface area (Å²) in [6.07, 6.45) is 6.38. The molecule has 6 nitrogen and oxygen atoms in total. The molecule has 1 aliphatic carbocycles. The number of Topliss-reactive ketones (excluding diaryl/α,β-unsaturated/α-hetero) is 1. The molecule has 3 aromatic rings. The van der Waals surface area contributed by atoms with E-state index >= 15 is 0 Å². The first-order valence-electron chi connectivity index (χ1n) is 13.3. The molecule has 2 aliphatic rings. The minimum absolute atomic E-state index is 0.0611. The number of anilines is 2. The van der Waals surface area contributed by atoms with Crippen LogP contribution in [-0.2, 0) is 6.42 Å². The minimum Gasteiger partial charge on any atom is -0.496 e. The van der Waals surface area contributed by atoms with Crippen LogP contribution in [0, 0.1) is 0 Å². The molecule has 0 saturated carbocycles. The maximum absolute atomic E-state index is 13.1. The van der Waals surface area contributed by atoms with Crippen molar-refractivity contribution in [2.24, 2.45) is 0 Å². The van der Waals surface area contributed by atoms with Gasteiger partial charge in [0.2, 0.25) is 0 Å². The molecule has 1 heterocycles. The zero-order valence-corrected chi connectivity index (χ0v) is 21.5. The summed E-state index contributed by atoms with van der Waals surface area (Å²) in [7, 11) is 1.65. The average Bonchev–Trinajstić information content (AvgIpc) is 3.14. The molecule has 192 valence electrons. The summed E-state index contributed by atoms with van der Waals surface area (Å²) in [6, 6.07) is 19.2. The number of hydrogen-bond donors (Lipinski definition) is 2. The molecule has 0 radical (unpaired) electrons. The summed E-state index contributed by atoms with van der Waals surface area (Å²) in [5, 5.41) is 6.46. The maximum atomic E-state index is 13.1. The van der Waals surface area contributed by atoms with Crippen LogP contribution in [0.5, 0.6) is 5.75 Å². The van der Waals surface area contributed by atoms with E-state index in [1.165, 1.54) is 38.8 Å². The van der Waals surface area contributed by atoms with Gasteiger partial charge in [-0.05, 0) is 79.9 Å². The molecule has 3 aromatic carbocycles. The summed E-state index contributed by atoms with van der Waals surface area (Å²) in [5.41, 5.74) is 5.65. The molecule has 0 aromatic heterocycles. The number of nitrogens with one attached hydrogen (secondary N) is 2. The number of carbonyl (C=O) groups excluding carboxylic acids is 2. The number of rotatable bonds is 8. The Hall–Kier alpha value is -3.64. The van der Waals surface area contributed by atoms with Gasteiger partial charge in [0, 0.05) is 41.9 Å². The third-order valence-electron chi connectivity index (χ3n) is 7.44. The highest BCUT2D eigenvalue weighted by molar-refractivity contribution is 6.12. The van der Waals surface area contributed by atoms with Gasteiger partial charge in [-0.2, -0.15) is 0 Å². The second-order valence-corrected chi connectivity index (χ2v) is 9.85. The quantitative estimate of drug-likeness (QED) is 0.398. The number of methoxy groups -OCH3 is 1. The standard InChI is InChI=1S/C31H35N3O3/c1-37-29-9-5-4-8-25(29)24-14-16-27(30-26(24)15-17-28(30)35)33-31(36)22-10-12-23(13-11-22)32-18-21-34-19-6-2-3-7-20-34/h4-5,8-14,16,32H,2-3,6-7,15,17-21H2,1H3,(H,33,36). The fourth-order valence-corrected chi connectivity index (χ4v) is 5.47. The van der Waals surface area contributed by atoms with E-state index in [0.29, 0.717) is 29.7 Å². The first-order valence-corrected chi connectivity index (χ1v) is 13.3. The number of carbonyl (C=O) groups is 2. The number of amides is 1. The number of fused-ring (bicyclic) bond motifs is 1. The van der Waals surface area contributed by atoms with Crippen molar-refractivity contribution < 1.29 is 14.3 Å². The summed E-state index contributed by atoms with van der Waals surface area (Å²) in [4.78, 5) is 28.4. The fraction of sp³-hybridized carbons (Fsp3) is 0.355. The van der Waals surface area contributed by atoms with Gasteiger partial charge in [-0.25, -0.2) is 0 Å². The molecule has 0 atom stereocenters. The summed E-state index contributed by atoms with van der Waals surface area (Å²) < 4.78 is 5.55. The second-order valence-electron chi connectivity index (χ2n) is 9.85. The predicted octanol–water partition coefficient (Wildman–Crippen LogP) is 6.03. The van der Waals surface area contributed by atoms with Crippen molar-refractivity contribution in [1.29, 1.82) is 0 Å². The Kier molecular flexibility index (Phi) is 7.85. The second kappa shape index (κ2) is 11.6. The van der Waals surface area contributed by atoms with E-state index in [-0.39, 0.29) is 11.7 Å². The number of para-hydroxylation sites is 1. The van der Waals surface area contributed by atoms with Gasteiger partial charge in [-0.3, -0.25) is 9.59 Å². The Balaban J connectivity index is 1.26. The van der Waals surface area contributed by atoms with E-state index in [0.717, 1.165) is 41.2 Å². The lowest BCUT2D eigenvalue weighted by Crippen LogP contribution is -2.29. The Morgan fingerprint density at radius 3 is 2.41 bits per heavy atom.